The summed E-state index contributed by atoms with van der Waals surface area (Å²) < 4.78 is 5.63. The summed E-state index contributed by atoms with van der Waals surface area (Å²) in [4.78, 5) is 1.28. The second-order valence-corrected chi connectivity index (χ2v) is 4.38. The van der Waals surface area contributed by atoms with Gasteiger partial charge in [-0.2, -0.15) is 30.3 Å². The molecule has 0 aliphatic carbocycles. The molecule has 1 aromatic carbocycles. The zero-order valence-electron chi connectivity index (χ0n) is 8.62. The predicted octanol–water partition coefficient (Wildman–Crippen LogP) is -0.271. The van der Waals surface area contributed by atoms with Gasteiger partial charge in [-0.15, -0.1) is 11.8 Å². The number of hydrogen-bond donors (Lipinski definition) is 0. The fourth-order valence-electron chi connectivity index (χ4n) is 1.41. The molecule has 15 heavy (non-hydrogen) atoms. The molecule has 0 saturated carbocycles. The molecule has 1 saturated heterocycles. The van der Waals surface area contributed by atoms with Gasteiger partial charge in [-0.3, -0.25) is 0 Å². The van der Waals surface area contributed by atoms with Gasteiger partial charge in [0.1, 0.15) is 5.44 Å². The molecule has 1 aromatic rings. The third-order valence-electron chi connectivity index (χ3n) is 2.09. The Bertz CT molecular complexity index is 252. The average Bonchev–Trinajstić information content (AvgIpc) is 2.21. The average molecular weight is 298 g/mol. The number of thioether (sulfide) groups is 1. The van der Waals surface area contributed by atoms with Gasteiger partial charge in [0.05, 0.1) is 0 Å². The Morgan fingerprint density at radius 3 is 2.60 bits per heavy atom. The molecule has 1 fully saturated rings. The molecule has 2 rings (SSSR count). The zero-order chi connectivity index (χ0) is 8.93. The van der Waals surface area contributed by atoms with Crippen LogP contribution in [0.25, 0.3) is 0 Å². The molecule has 1 nitrogen and oxygen atoms in total. The normalized spacial score (nSPS) is 19.9. The first-order valence-electron chi connectivity index (χ1n) is 4.69. The Morgan fingerprint density at radius 1 is 1.27 bits per heavy atom. The maximum absolute atomic E-state index is 5.63. The van der Waals surface area contributed by atoms with Crippen molar-refractivity contribution in [2.24, 2.45) is 0 Å². The van der Waals surface area contributed by atoms with Crippen LogP contribution in [0.3, 0.4) is 0 Å². The Morgan fingerprint density at radius 2 is 2.00 bits per heavy atom. The standard InChI is InChI=1S/C11H13OS.BrH.Mg/c1-2-6-10(7-3-1)13-11-8-4-5-9-12-11;;/h2-3,6-7,11H,4-5,8-9H2;1H;/q-1;;+2/p-1. The van der Waals surface area contributed by atoms with Gasteiger partial charge in [0.2, 0.25) is 0 Å². The predicted molar refractivity (Wildman–Crippen MR) is 60.5 cm³/mol. The summed E-state index contributed by atoms with van der Waals surface area (Å²) in [6.07, 6.45) is 3.71. The fourth-order valence-corrected chi connectivity index (χ4v) is 2.45. The Labute approximate surface area is 122 Å². The van der Waals surface area contributed by atoms with E-state index < -0.39 is 0 Å². The van der Waals surface area contributed by atoms with E-state index in [4.69, 9.17) is 4.74 Å². The maximum Gasteiger partial charge on any atom is 2.00 e. The third kappa shape index (κ3) is 5.59. The van der Waals surface area contributed by atoms with Gasteiger partial charge < -0.3 is 21.7 Å². The molecule has 0 aromatic heterocycles. The van der Waals surface area contributed by atoms with Gasteiger partial charge >= 0.3 is 23.1 Å². The van der Waals surface area contributed by atoms with Crippen LogP contribution in [0.2, 0.25) is 0 Å². The topological polar surface area (TPSA) is 9.23 Å². The van der Waals surface area contributed by atoms with Crippen molar-refractivity contribution in [1.29, 1.82) is 0 Å². The van der Waals surface area contributed by atoms with Gasteiger partial charge in [0.25, 0.3) is 0 Å². The van der Waals surface area contributed by atoms with E-state index in [0.29, 0.717) is 5.44 Å². The zero-order valence-corrected chi connectivity index (χ0v) is 12.4. The minimum atomic E-state index is 0. The second-order valence-electron chi connectivity index (χ2n) is 3.15. The monoisotopic (exact) mass is 296 g/mol. The van der Waals surface area contributed by atoms with Crippen molar-refractivity contribution >= 4 is 34.8 Å². The van der Waals surface area contributed by atoms with Crippen molar-refractivity contribution in [3.63, 3.8) is 0 Å². The first-order valence-corrected chi connectivity index (χ1v) is 5.57. The molecule has 1 heterocycles. The molecule has 0 radical (unpaired) electrons. The van der Waals surface area contributed by atoms with Crippen LogP contribution in [0.15, 0.2) is 29.2 Å². The van der Waals surface area contributed by atoms with Crippen LogP contribution in [0.1, 0.15) is 19.3 Å². The summed E-state index contributed by atoms with van der Waals surface area (Å²) >= 11 is 1.82. The molecule has 1 atom stereocenters. The van der Waals surface area contributed by atoms with E-state index in [1.54, 1.807) is 0 Å². The fraction of sp³-hybridized carbons (Fsp3) is 0.455. The van der Waals surface area contributed by atoms with E-state index in [-0.39, 0.29) is 40.0 Å². The molecule has 78 valence electrons. The molecule has 4 heteroatoms. The van der Waals surface area contributed by atoms with E-state index >= 15 is 0 Å². The Kier molecular flexibility index (Phi) is 9.33. The van der Waals surface area contributed by atoms with Crippen molar-refractivity contribution in [2.45, 2.75) is 29.6 Å². The minimum absolute atomic E-state index is 0. The van der Waals surface area contributed by atoms with E-state index in [2.05, 4.69) is 18.2 Å². The van der Waals surface area contributed by atoms with Crippen molar-refractivity contribution in [3.8, 4) is 0 Å². The Hall–Kier alpha value is 0.776. The number of ether oxygens (including phenoxy) is 1. The van der Waals surface area contributed by atoms with Crippen LogP contribution >= 0.6 is 11.8 Å². The molecular weight excluding hydrogens is 284 g/mol. The van der Waals surface area contributed by atoms with Gasteiger partial charge in [0.15, 0.2) is 0 Å². The number of halogens is 1. The molecule has 0 bridgehead atoms. The third-order valence-corrected chi connectivity index (χ3v) is 3.27. The van der Waals surface area contributed by atoms with Crippen molar-refractivity contribution in [1.82, 2.24) is 0 Å². The van der Waals surface area contributed by atoms with E-state index in [1.807, 2.05) is 23.9 Å². The molecule has 0 N–H and O–H groups in total. The Balaban J connectivity index is 0.000000980. The smallest absolute Gasteiger partial charge is 1.00 e. The molecule has 0 spiro atoms. The molecule has 1 unspecified atom stereocenters. The van der Waals surface area contributed by atoms with E-state index in [0.717, 1.165) is 6.61 Å². The van der Waals surface area contributed by atoms with Gasteiger partial charge in [0, 0.05) is 6.61 Å². The molecule has 1 aliphatic heterocycles. The first kappa shape index (κ1) is 15.8. The van der Waals surface area contributed by atoms with E-state index in [1.165, 1.54) is 24.2 Å². The quantitative estimate of drug-likeness (QED) is 0.549. The number of benzene rings is 1. The summed E-state index contributed by atoms with van der Waals surface area (Å²) in [5, 5.41) is 0. The molecular formula is C11H13BrMgOS. The molecule has 1 aliphatic rings. The van der Waals surface area contributed by atoms with Crippen LogP contribution in [0.4, 0.5) is 0 Å². The maximum atomic E-state index is 5.63. The largest absolute Gasteiger partial charge is 2.00 e. The summed E-state index contributed by atoms with van der Waals surface area (Å²) in [7, 11) is 0. The SMILES string of the molecule is [Br-].[Mg+2].[c-]1ccc(SC2CCCCO2)cc1. The van der Waals surface area contributed by atoms with Crippen LogP contribution in [0.5, 0.6) is 0 Å². The van der Waals surface area contributed by atoms with Gasteiger partial charge in [-0.05, 0) is 19.3 Å². The second kappa shape index (κ2) is 8.87. The number of hydrogen-bond acceptors (Lipinski definition) is 2. The van der Waals surface area contributed by atoms with Crippen molar-refractivity contribution in [2.75, 3.05) is 6.61 Å². The number of rotatable bonds is 2. The summed E-state index contributed by atoms with van der Waals surface area (Å²) in [5.74, 6) is 0. The summed E-state index contributed by atoms with van der Waals surface area (Å²) in [5.41, 5.74) is 0.371. The van der Waals surface area contributed by atoms with Crippen LogP contribution < -0.4 is 17.0 Å². The van der Waals surface area contributed by atoms with Gasteiger partial charge in [-0.25, -0.2) is 0 Å². The van der Waals surface area contributed by atoms with Crippen molar-refractivity contribution in [3.05, 3.63) is 30.3 Å². The van der Waals surface area contributed by atoms with E-state index in [9.17, 15) is 0 Å². The summed E-state index contributed by atoms with van der Waals surface area (Å²) in [6, 6.07) is 11.1. The molecule has 0 amide bonds. The minimum Gasteiger partial charge on any atom is -1.00 e. The van der Waals surface area contributed by atoms with Crippen LogP contribution in [-0.4, -0.2) is 35.1 Å². The summed E-state index contributed by atoms with van der Waals surface area (Å²) in [6.45, 7) is 0.927. The van der Waals surface area contributed by atoms with Gasteiger partial charge in [-0.1, -0.05) is 4.90 Å². The first-order chi connectivity index (χ1) is 6.45. The van der Waals surface area contributed by atoms with Crippen LogP contribution in [0, 0.1) is 6.07 Å². The van der Waals surface area contributed by atoms with Crippen LogP contribution in [-0.2, 0) is 4.74 Å². The van der Waals surface area contributed by atoms with Crippen molar-refractivity contribution < 1.29 is 21.7 Å².